The van der Waals surface area contributed by atoms with Gasteiger partial charge < -0.3 is 4.90 Å². The molecule has 1 aromatic carbocycles. The first-order valence-electron chi connectivity index (χ1n) is 5.26. The van der Waals surface area contributed by atoms with Crippen LogP contribution in [0.2, 0.25) is 0 Å². The number of amidine groups is 1. The summed E-state index contributed by atoms with van der Waals surface area (Å²) in [7, 11) is 0. The number of benzene rings is 1. The van der Waals surface area contributed by atoms with Crippen LogP contribution in [0, 0.1) is 5.92 Å². The average molecular weight is 267 g/mol. The van der Waals surface area contributed by atoms with Crippen molar-refractivity contribution in [2.75, 3.05) is 18.0 Å². The molecule has 2 rings (SSSR count). The van der Waals surface area contributed by atoms with E-state index in [-0.39, 0.29) is 0 Å². The highest BCUT2D eigenvalue weighted by Gasteiger charge is 2.20. The van der Waals surface area contributed by atoms with Gasteiger partial charge in [0, 0.05) is 22.6 Å². The highest BCUT2D eigenvalue weighted by atomic mass is 79.9. The summed E-state index contributed by atoms with van der Waals surface area (Å²) < 4.78 is 1.12. The van der Waals surface area contributed by atoms with Crippen molar-refractivity contribution in [3.8, 4) is 0 Å². The van der Waals surface area contributed by atoms with Crippen LogP contribution in [-0.4, -0.2) is 18.9 Å². The second-order valence-corrected chi connectivity index (χ2v) is 4.94. The number of rotatable bonds is 2. The van der Waals surface area contributed by atoms with Crippen molar-refractivity contribution < 1.29 is 0 Å². The van der Waals surface area contributed by atoms with Gasteiger partial charge >= 0.3 is 0 Å². The number of hydrogen-bond acceptors (Lipinski definition) is 2. The van der Waals surface area contributed by atoms with Crippen molar-refractivity contribution >= 4 is 27.5 Å². The van der Waals surface area contributed by atoms with Gasteiger partial charge in [0.1, 0.15) is 5.84 Å². The molecule has 0 N–H and O–H groups in total. The molecule has 0 radical (unpaired) electrons. The minimum absolute atomic E-state index is 0.496. The molecule has 1 heterocycles. The van der Waals surface area contributed by atoms with Crippen LogP contribution < -0.4 is 4.90 Å². The number of halogens is 1. The lowest BCUT2D eigenvalue weighted by Gasteiger charge is -2.22. The van der Waals surface area contributed by atoms with Crippen molar-refractivity contribution in [3.05, 3.63) is 28.7 Å². The molecule has 1 aliphatic rings. The van der Waals surface area contributed by atoms with E-state index in [0.717, 1.165) is 17.6 Å². The van der Waals surface area contributed by atoms with E-state index in [9.17, 15) is 0 Å². The van der Waals surface area contributed by atoms with Gasteiger partial charge in [0.05, 0.1) is 6.54 Å². The lowest BCUT2D eigenvalue weighted by molar-refractivity contribution is 0.864. The second-order valence-electron chi connectivity index (χ2n) is 4.02. The van der Waals surface area contributed by atoms with Crippen LogP contribution in [0.4, 0.5) is 5.69 Å². The van der Waals surface area contributed by atoms with Crippen molar-refractivity contribution in [1.82, 2.24) is 0 Å². The molecule has 3 heteroatoms. The molecule has 0 saturated heterocycles. The molecule has 2 nitrogen and oxygen atoms in total. The summed E-state index contributed by atoms with van der Waals surface area (Å²) >= 11 is 3.45. The Morgan fingerprint density at radius 3 is 2.53 bits per heavy atom. The van der Waals surface area contributed by atoms with Crippen LogP contribution in [0.3, 0.4) is 0 Å². The van der Waals surface area contributed by atoms with E-state index in [2.05, 4.69) is 63.9 Å². The van der Waals surface area contributed by atoms with E-state index >= 15 is 0 Å². The summed E-state index contributed by atoms with van der Waals surface area (Å²) in [6.07, 6.45) is 0. The van der Waals surface area contributed by atoms with Gasteiger partial charge in [0.15, 0.2) is 0 Å². The van der Waals surface area contributed by atoms with Gasteiger partial charge in [-0.1, -0.05) is 29.8 Å². The van der Waals surface area contributed by atoms with Crippen LogP contribution in [0.1, 0.15) is 13.8 Å². The molecule has 0 aliphatic carbocycles. The van der Waals surface area contributed by atoms with Gasteiger partial charge in [0.25, 0.3) is 0 Å². The van der Waals surface area contributed by atoms with Crippen LogP contribution in [0.5, 0.6) is 0 Å². The molecule has 0 saturated carbocycles. The Balaban J connectivity index is 2.24. The Bertz CT molecular complexity index is 368. The Kier molecular flexibility index (Phi) is 3.10. The average Bonchev–Trinajstić information content (AvgIpc) is 2.67. The standard InChI is InChI=1S/C12H15BrN2/c1-9(2)12-14-7-8-15(12)11-5-3-10(13)4-6-11/h3-6,9H,7-8H2,1-2H3. The van der Waals surface area contributed by atoms with Crippen molar-refractivity contribution in [2.24, 2.45) is 10.9 Å². The van der Waals surface area contributed by atoms with Gasteiger partial charge in [-0.25, -0.2) is 0 Å². The summed E-state index contributed by atoms with van der Waals surface area (Å²) in [6.45, 7) is 6.31. The largest absolute Gasteiger partial charge is 0.328 e. The van der Waals surface area contributed by atoms with E-state index in [4.69, 9.17) is 0 Å². The Labute approximate surface area is 99.1 Å². The first-order chi connectivity index (χ1) is 7.18. The molecular formula is C12H15BrN2. The first-order valence-corrected chi connectivity index (χ1v) is 6.05. The molecule has 80 valence electrons. The van der Waals surface area contributed by atoms with Gasteiger partial charge in [-0.05, 0) is 24.3 Å². The van der Waals surface area contributed by atoms with Gasteiger partial charge in [-0.2, -0.15) is 0 Å². The molecule has 0 bridgehead atoms. The van der Waals surface area contributed by atoms with Crippen LogP contribution in [-0.2, 0) is 0 Å². The lowest BCUT2D eigenvalue weighted by atomic mass is 10.1. The third-order valence-corrected chi connectivity index (χ3v) is 3.06. The van der Waals surface area contributed by atoms with Crippen molar-refractivity contribution in [2.45, 2.75) is 13.8 Å². The predicted octanol–water partition coefficient (Wildman–Crippen LogP) is 3.32. The topological polar surface area (TPSA) is 15.6 Å². The molecule has 15 heavy (non-hydrogen) atoms. The quantitative estimate of drug-likeness (QED) is 0.802. The maximum atomic E-state index is 4.55. The molecule has 1 aliphatic heterocycles. The minimum atomic E-state index is 0.496. The number of aliphatic imine (C=N–C) groups is 1. The fraction of sp³-hybridized carbons (Fsp3) is 0.417. The zero-order chi connectivity index (χ0) is 10.8. The van der Waals surface area contributed by atoms with Gasteiger partial charge in [-0.3, -0.25) is 4.99 Å². The molecule has 0 unspecified atom stereocenters. The highest BCUT2D eigenvalue weighted by molar-refractivity contribution is 9.10. The summed E-state index contributed by atoms with van der Waals surface area (Å²) in [5.74, 6) is 1.70. The van der Waals surface area contributed by atoms with E-state index in [1.54, 1.807) is 0 Å². The zero-order valence-electron chi connectivity index (χ0n) is 9.07. The monoisotopic (exact) mass is 266 g/mol. The molecule has 0 aromatic heterocycles. The Morgan fingerprint density at radius 1 is 1.27 bits per heavy atom. The third-order valence-electron chi connectivity index (χ3n) is 2.53. The zero-order valence-corrected chi connectivity index (χ0v) is 10.7. The number of anilines is 1. The molecular weight excluding hydrogens is 252 g/mol. The molecule has 0 amide bonds. The SMILES string of the molecule is CC(C)C1=NCCN1c1ccc(Br)cc1. The van der Waals surface area contributed by atoms with Crippen molar-refractivity contribution in [3.63, 3.8) is 0 Å². The first kappa shape index (κ1) is 10.7. The molecule has 0 fully saturated rings. The van der Waals surface area contributed by atoms with E-state index in [1.165, 1.54) is 11.5 Å². The third kappa shape index (κ3) is 2.23. The fourth-order valence-corrected chi connectivity index (χ4v) is 2.11. The normalized spacial score (nSPS) is 16.0. The van der Waals surface area contributed by atoms with Crippen LogP contribution in [0.25, 0.3) is 0 Å². The maximum Gasteiger partial charge on any atom is 0.106 e. The maximum absolute atomic E-state index is 4.55. The van der Waals surface area contributed by atoms with E-state index < -0.39 is 0 Å². The Hall–Kier alpha value is -0.830. The molecule has 0 atom stereocenters. The summed E-state index contributed by atoms with van der Waals surface area (Å²) in [5, 5.41) is 0. The van der Waals surface area contributed by atoms with E-state index in [1.807, 2.05) is 0 Å². The van der Waals surface area contributed by atoms with Crippen LogP contribution >= 0.6 is 15.9 Å². The molecule has 0 spiro atoms. The fourth-order valence-electron chi connectivity index (χ4n) is 1.84. The Morgan fingerprint density at radius 2 is 1.93 bits per heavy atom. The highest BCUT2D eigenvalue weighted by Crippen LogP contribution is 2.22. The second kappa shape index (κ2) is 4.35. The summed E-state index contributed by atoms with van der Waals surface area (Å²) in [6, 6.07) is 8.41. The predicted molar refractivity (Wildman–Crippen MR) is 68.6 cm³/mol. The smallest absolute Gasteiger partial charge is 0.106 e. The van der Waals surface area contributed by atoms with E-state index in [0.29, 0.717) is 5.92 Å². The lowest BCUT2D eigenvalue weighted by Crippen LogP contribution is -2.30. The van der Waals surface area contributed by atoms with Crippen molar-refractivity contribution in [1.29, 1.82) is 0 Å². The minimum Gasteiger partial charge on any atom is -0.328 e. The number of hydrogen-bond donors (Lipinski definition) is 0. The summed E-state index contributed by atoms with van der Waals surface area (Å²) in [5.41, 5.74) is 1.24. The summed E-state index contributed by atoms with van der Waals surface area (Å²) in [4.78, 5) is 6.85. The number of nitrogens with zero attached hydrogens (tertiary/aromatic N) is 2. The van der Waals surface area contributed by atoms with Crippen LogP contribution in [0.15, 0.2) is 33.7 Å². The van der Waals surface area contributed by atoms with Gasteiger partial charge in [0.2, 0.25) is 0 Å². The molecule has 1 aromatic rings. The van der Waals surface area contributed by atoms with Gasteiger partial charge in [-0.15, -0.1) is 0 Å².